The number of nitrogens with one attached hydrogen (secondary N) is 1. The second-order valence-electron chi connectivity index (χ2n) is 12.0. The summed E-state index contributed by atoms with van der Waals surface area (Å²) >= 11 is 0. The number of pyridine rings is 1. The summed E-state index contributed by atoms with van der Waals surface area (Å²) in [5.74, 6) is 2.56. The van der Waals surface area contributed by atoms with Gasteiger partial charge in [-0.1, -0.05) is 6.07 Å². The smallest absolute Gasteiger partial charge is 0.268 e. The summed E-state index contributed by atoms with van der Waals surface area (Å²) in [4.78, 5) is 32.5. The van der Waals surface area contributed by atoms with Crippen molar-refractivity contribution >= 4 is 17.5 Å². The molecule has 0 aromatic carbocycles. The van der Waals surface area contributed by atoms with Gasteiger partial charge in [0.2, 0.25) is 5.91 Å². The molecule has 7 nitrogen and oxygen atoms in total. The average Bonchev–Trinajstić information content (AvgIpc) is 3.19. The number of nitrogens with zero attached hydrogens (tertiary/aromatic N) is 3. The lowest BCUT2D eigenvalue weighted by atomic mass is 9.49. The van der Waals surface area contributed by atoms with Crippen molar-refractivity contribution in [3.63, 3.8) is 0 Å². The largest absolute Gasteiger partial charge is 0.390 e. The van der Waals surface area contributed by atoms with Gasteiger partial charge in [0.25, 0.3) is 5.91 Å². The fourth-order valence-electron chi connectivity index (χ4n) is 7.70. The number of aliphatic hydroxyl groups is 1. The minimum atomic E-state index is -0.682. The summed E-state index contributed by atoms with van der Waals surface area (Å²) in [5, 5.41) is 13.4. The first-order valence-electron chi connectivity index (χ1n) is 13.0. The first kappa shape index (κ1) is 22.1. The molecule has 4 aliphatic carbocycles. The Balaban J connectivity index is 1.13. The van der Waals surface area contributed by atoms with Crippen LogP contribution in [0.4, 0.5) is 0 Å². The molecule has 0 spiro atoms. The molecule has 3 heterocycles. The van der Waals surface area contributed by atoms with E-state index >= 15 is 0 Å². The van der Waals surface area contributed by atoms with Crippen LogP contribution in [0.5, 0.6) is 0 Å². The van der Waals surface area contributed by atoms with Gasteiger partial charge in [0, 0.05) is 25.8 Å². The van der Waals surface area contributed by atoms with E-state index in [-0.39, 0.29) is 18.2 Å². The van der Waals surface area contributed by atoms with Gasteiger partial charge in [-0.25, -0.2) is 4.98 Å². The minimum Gasteiger partial charge on any atom is -0.390 e. The zero-order chi connectivity index (χ0) is 23.5. The molecule has 5 fully saturated rings. The van der Waals surface area contributed by atoms with Crippen molar-refractivity contribution in [2.24, 2.45) is 23.2 Å². The van der Waals surface area contributed by atoms with Crippen LogP contribution in [0.25, 0.3) is 5.65 Å². The predicted octanol–water partition coefficient (Wildman–Crippen LogP) is 3.20. The van der Waals surface area contributed by atoms with E-state index in [1.165, 1.54) is 38.5 Å². The van der Waals surface area contributed by atoms with E-state index < -0.39 is 5.60 Å². The van der Waals surface area contributed by atoms with E-state index in [0.29, 0.717) is 48.4 Å². The summed E-state index contributed by atoms with van der Waals surface area (Å²) in [6.07, 6.45) is 11.2. The maximum Gasteiger partial charge on any atom is 0.268 e. The third-order valence-corrected chi connectivity index (χ3v) is 9.09. The number of amides is 2. The van der Waals surface area contributed by atoms with Crippen molar-refractivity contribution in [2.45, 2.75) is 70.3 Å². The quantitative estimate of drug-likeness (QED) is 0.712. The molecule has 0 atom stereocenters. The number of carbonyl (C=O) groups is 2. The molecule has 4 bridgehead atoms. The molecule has 2 N–H and O–H groups in total. The third-order valence-electron chi connectivity index (χ3n) is 9.09. The van der Waals surface area contributed by atoms with Crippen LogP contribution >= 0.6 is 0 Å². The van der Waals surface area contributed by atoms with Crippen molar-refractivity contribution in [3.05, 3.63) is 35.8 Å². The first-order valence-corrected chi connectivity index (χ1v) is 13.0. The van der Waals surface area contributed by atoms with Crippen LogP contribution in [0.2, 0.25) is 0 Å². The number of rotatable bonds is 5. The summed E-state index contributed by atoms with van der Waals surface area (Å²) in [6, 6.07) is 5.57. The molecule has 1 saturated heterocycles. The lowest BCUT2D eigenvalue weighted by molar-refractivity contribution is -0.134. The van der Waals surface area contributed by atoms with Gasteiger partial charge in [-0.15, -0.1) is 0 Å². The standard InChI is InChI=1S/C27H36N4O3/c1-26(34)5-7-30(8-6-26)24(32)12-21-16-31-22(3-2-4-23(31)29-21)25(33)28-17-27-13-18-9-19(14-27)11-20(10-18)15-27/h2-4,16,18-20,34H,5-15,17H2,1H3,(H,28,33). The van der Waals surface area contributed by atoms with Crippen molar-refractivity contribution in [1.82, 2.24) is 19.6 Å². The highest BCUT2D eigenvalue weighted by molar-refractivity contribution is 5.93. The number of fused-ring (bicyclic) bond motifs is 1. The fourth-order valence-corrected chi connectivity index (χ4v) is 7.70. The topological polar surface area (TPSA) is 86.9 Å². The summed E-state index contributed by atoms with van der Waals surface area (Å²) in [5.41, 5.74) is 1.54. The van der Waals surface area contributed by atoms with E-state index in [1.807, 2.05) is 35.7 Å². The number of hydrogen-bond donors (Lipinski definition) is 2. The number of aromatic nitrogens is 2. The van der Waals surface area contributed by atoms with Gasteiger partial charge in [0.05, 0.1) is 17.7 Å². The van der Waals surface area contributed by atoms with E-state index in [2.05, 4.69) is 10.3 Å². The number of piperidine rings is 1. The van der Waals surface area contributed by atoms with Crippen molar-refractivity contribution < 1.29 is 14.7 Å². The summed E-state index contributed by atoms with van der Waals surface area (Å²) < 4.78 is 1.82. The minimum absolute atomic E-state index is 0.0201. The highest BCUT2D eigenvalue weighted by Gasteiger charge is 2.50. The molecule has 182 valence electrons. The summed E-state index contributed by atoms with van der Waals surface area (Å²) in [6.45, 7) is 3.73. The van der Waals surface area contributed by atoms with Crippen molar-refractivity contribution in [2.75, 3.05) is 19.6 Å². The molecule has 4 saturated carbocycles. The van der Waals surface area contributed by atoms with Crippen LogP contribution in [-0.2, 0) is 11.2 Å². The zero-order valence-electron chi connectivity index (χ0n) is 20.1. The van der Waals surface area contributed by atoms with Gasteiger partial charge in [-0.3, -0.25) is 14.0 Å². The highest BCUT2D eigenvalue weighted by Crippen LogP contribution is 2.59. The second kappa shape index (κ2) is 8.08. The highest BCUT2D eigenvalue weighted by atomic mass is 16.3. The van der Waals surface area contributed by atoms with Crippen LogP contribution in [0, 0.1) is 23.2 Å². The van der Waals surface area contributed by atoms with Gasteiger partial charge < -0.3 is 15.3 Å². The number of likely N-dealkylation sites (tertiary alicyclic amines) is 1. The van der Waals surface area contributed by atoms with Crippen molar-refractivity contribution in [1.29, 1.82) is 0 Å². The van der Waals surface area contributed by atoms with Gasteiger partial charge in [0.15, 0.2) is 0 Å². The molecule has 2 aromatic heterocycles. The van der Waals surface area contributed by atoms with Crippen LogP contribution in [0.15, 0.2) is 24.4 Å². The monoisotopic (exact) mass is 464 g/mol. The lowest BCUT2D eigenvalue weighted by Crippen LogP contribution is -2.51. The zero-order valence-corrected chi connectivity index (χ0v) is 20.1. The van der Waals surface area contributed by atoms with Crippen LogP contribution < -0.4 is 5.32 Å². The van der Waals surface area contributed by atoms with E-state index in [0.717, 1.165) is 24.3 Å². The molecule has 2 aromatic rings. The third kappa shape index (κ3) is 4.12. The fraction of sp³-hybridized carbons (Fsp3) is 0.667. The van der Waals surface area contributed by atoms with E-state index in [1.54, 1.807) is 4.90 Å². The molecule has 0 unspecified atom stereocenters. The molecule has 1 aliphatic heterocycles. The number of imidazole rings is 1. The molecule has 7 rings (SSSR count). The Bertz CT molecular complexity index is 1070. The first-order chi connectivity index (χ1) is 16.3. The van der Waals surface area contributed by atoms with Crippen LogP contribution in [0.3, 0.4) is 0 Å². The van der Waals surface area contributed by atoms with Crippen molar-refractivity contribution in [3.8, 4) is 0 Å². The van der Waals surface area contributed by atoms with Gasteiger partial charge in [-0.05, 0) is 93.6 Å². The maximum atomic E-state index is 13.2. The van der Waals surface area contributed by atoms with Crippen LogP contribution in [0.1, 0.15) is 74.5 Å². The Morgan fingerprint density at radius 2 is 1.74 bits per heavy atom. The van der Waals surface area contributed by atoms with Gasteiger partial charge >= 0.3 is 0 Å². The Kier molecular flexibility index (Phi) is 5.24. The Morgan fingerprint density at radius 1 is 1.09 bits per heavy atom. The maximum absolute atomic E-state index is 13.2. The Morgan fingerprint density at radius 3 is 2.38 bits per heavy atom. The molecule has 0 radical (unpaired) electrons. The van der Waals surface area contributed by atoms with E-state index in [4.69, 9.17) is 0 Å². The molecule has 7 heteroatoms. The number of carbonyl (C=O) groups excluding carboxylic acids is 2. The molecule has 2 amide bonds. The number of hydrogen-bond acceptors (Lipinski definition) is 4. The Hall–Kier alpha value is -2.41. The average molecular weight is 465 g/mol. The lowest BCUT2D eigenvalue weighted by Gasteiger charge is -2.56. The Labute approximate surface area is 200 Å². The summed E-state index contributed by atoms with van der Waals surface area (Å²) in [7, 11) is 0. The van der Waals surface area contributed by atoms with Gasteiger partial charge in [-0.2, -0.15) is 0 Å². The van der Waals surface area contributed by atoms with Crippen LogP contribution in [-0.4, -0.2) is 56.4 Å². The second-order valence-corrected chi connectivity index (χ2v) is 12.0. The SMILES string of the molecule is CC1(O)CCN(C(=O)Cc2cn3c(C(=O)NCC45CC6CC(CC(C6)C4)C5)cccc3n2)CC1. The van der Waals surface area contributed by atoms with E-state index in [9.17, 15) is 14.7 Å². The normalized spacial score (nSPS) is 31.7. The predicted molar refractivity (Wildman–Crippen MR) is 128 cm³/mol. The molecule has 34 heavy (non-hydrogen) atoms. The molecular weight excluding hydrogens is 428 g/mol. The molecular formula is C27H36N4O3. The molecule has 5 aliphatic rings. The van der Waals surface area contributed by atoms with Gasteiger partial charge in [0.1, 0.15) is 11.3 Å².